The van der Waals surface area contributed by atoms with Crippen LogP contribution in [0.4, 0.5) is 32.6 Å². The van der Waals surface area contributed by atoms with Gasteiger partial charge in [0.05, 0.1) is 5.56 Å². The van der Waals surface area contributed by atoms with Crippen LogP contribution in [-0.4, -0.2) is 0 Å². The zero-order chi connectivity index (χ0) is 18.5. The van der Waals surface area contributed by atoms with Crippen LogP contribution in [0, 0.1) is 12.7 Å². The molecule has 0 bridgehead atoms. The lowest BCUT2D eigenvalue weighted by Crippen LogP contribution is -2.23. The van der Waals surface area contributed by atoms with Crippen molar-refractivity contribution in [3.63, 3.8) is 0 Å². The van der Waals surface area contributed by atoms with Crippen LogP contribution in [0.2, 0.25) is 0 Å². The Hall–Kier alpha value is -1.97. The van der Waals surface area contributed by atoms with Crippen LogP contribution in [0.25, 0.3) is 0 Å². The first kappa shape index (κ1) is 18.4. The number of benzene rings is 2. The van der Waals surface area contributed by atoms with E-state index < -0.39 is 38.4 Å². The molecule has 0 aliphatic carbocycles. The maximum atomic E-state index is 13.9. The summed E-state index contributed by atoms with van der Waals surface area (Å²) in [4.78, 5) is -2.24. The lowest BCUT2D eigenvalue weighted by atomic mass is 10.1. The first-order valence-electron chi connectivity index (χ1n) is 6.26. The van der Waals surface area contributed by atoms with Crippen molar-refractivity contribution in [3.8, 4) is 5.75 Å². The fourth-order valence-corrected chi connectivity index (χ4v) is 2.47. The molecule has 0 atom stereocenters. The summed E-state index contributed by atoms with van der Waals surface area (Å²) in [7, 11) is -9.90. The minimum Gasteiger partial charge on any atom is -0.429 e. The smallest absolute Gasteiger partial charge is 0.429 e. The summed E-state index contributed by atoms with van der Waals surface area (Å²) in [5.74, 6) is -2.10. The van der Waals surface area contributed by atoms with Gasteiger partial charge in [0, 0.05) is 0 Å². The van der Waals surface area contributed by atoms with Crippen LogP contribution < -0.4 is 4.74 Å². The Morgan fingerprint density at radius 1 is 0.875 bits per heavy atom. The number of aryl methyl sites for hydroxylation is 1. The number of hydrogen-bond donors (Lipinski definition) is 0. The first-order valence-corrected chi connectivity index (χ1v) is 8.21. The molecule has 1 nitrogen and oxygen atoms in total. The van der Waals surface area contributed by atoms with Crippen molar-refractivity contribution in [2.45, 2.75) is 17.9 Å². The predicted molar refractivity (Wildman–Crippen MR) is 73.5 cm³/mol. The molecule has 0 aliphatic rings. The molecular formula is C14H10F8OS. The van der Waals surface area contributed by atoms with Crippen molar-refractivity contribution < 1.29 is 37.3 Å². The maximum Gasteiger partial charge on any atom is 0.429 e. The summed E-state index contributed by atoms with van der Waals surface area (Å²) in [6.07, 6.45) is -4.20. The van der Waals surface area contributed by atoms with Gasteiger partial charge in [0.1, 0.15) is 16.5 Å². The van der Waals surface area contributed by atoms with Gasteiger partial charge < -0.3 is 4.74 Å². The van der Waals surface area contributed by atoms with Crippen molar-refractivity contribution in [2.24, 2.45) is 0 Å². The SMILES string of the molecule is Cc1ccc(C(F)(F)Oc2ccc(S(F)(F)(F)(F)F)cc2)c(F)c1. The third-order valence-corrected chi connectivity index (χ3v) is 4.12. The highest BCUT2D eigenvalue weighted by atomic mass is 32.5. The Morgan fingerprint density at radius 2 is 1.42 bits per heavy atom. The van der Waals surface area contributed by atoms with Gasteiger partial charge in [-0.3, -0.25) is 0 Å². The van der Waals surface area contributed by atoms with E-state index >= 15 is 0 Å². The molecular weight excluding hydrogens is 368 g/mol. The van der Waals surface area contributed by atoms with Gasteiger partial charge in [-0.2, -0.15) is 8.78 Å². The van der Waals surface area contributed by atoms with Crippen LogP contribution >= 0.6 is 10.2 Å². The first-order chi connectivity index (χ1) is 10.6. The molecule has 2 aromatic rings. The highest BCUT2D eigenvalue weighted by molar-refractivity contribution is 8.45. The molecule has 0 fully saturated rings. The van der Waals surface area contributed by atoms with Gasteiger partial charge in [-0.1, -0.05) is 25.5 Å². The molecule has 0 spiro atoms. The van der Waals surface area contributed by atoms with Crippen LogP contribution in [0.3, 0.4) is 0 Å². The fraction of sp³-hybridized carbons (Fsp3) is 0.143. The summed E-state index contributed by atoms with van der Waals surface area (Å²) < 4.78 is 108. The monoisotopic (exact) mass is 378 g/mol. The van der Waals surface area contributed by atoms with Gasteiger partial charge in [0.2, 0.25) is 0 Å². The number of hydrogen-bond acceptors (Lipinski definition) is 1. The molecule has 0 N–H and O–H groups in total. The molecule has 0 amide bonds. The number of halogens is 8. The Morgan fingerprint density at radius 3 is 1.88 bits per heavy atom. The molecule has 0 unspecified atom stereocenters. The molecule has 2 rings (SSSR count). The number of alkyl halides is 2. The van der Waals surface area contributed by atoms with Gasteiger partial charge >= 0.3 is 16.3 Å². The average Bonchev–Trinajstić information content (AvgIpc) is 2.35. The van der Waals surface area contributed by atoms with E-state index in [1.54, 1.807) is 0 Å². The van der Waals surface area contributed by atoms with Gasteiger partial charge in [0.25, 0.3) is 0 Å². The highest BCUT2D eigenvalue weighted by Gasteiger charge is 2.65. The van der Waals surface area contributed by atoms with E-state index in [0.717, 1.165) is 12.1 Å². The summed E-state index contributed by atoms with van der Waals surface area (Å²) in [6, 6.07) is 3.25. The van der Waals surface area contributed by atoms with E-state index in [-0.39, 0.29) is 12.1 Å². The molecule has 10 heteroatoms. The van der Waals surface area contributed by atoms with Crippen molar-refractivity contribution in [1.29, 1.82) is 0 Å². The van der Waals surface area contributed by atoms with E-state index in [9.17, 15) is 32.6 Å². The molecule has 0 aromatic heterocycles. The average molecular weight is 378 g/mol. The maximum absolute atomic E-state index is 13.9. The Balaban J connectivity index is 2.31. The van der Waals surface area contributed by atoms with E-state index in [4.69, 9.17) is 0 Å². The summed E-state index contributed by atoms with van der Waals surface area (Å²) in [5, 5.41) is 0. The van der Waals surface area contributed by atoms with E-state index in [1.165, 1.54) is 13.0 Å². The molecule has 2 aromatic carbocycles. The van der Waals surface area contributed by atoms with Crippen molar-refractivity contribution in [3.05, 3.63) is 59.4 Å². The minimum atomic E-state index is -9.90. The quantitative estimate of drug-likeness (QED) is 0.525. The van der Waals surface area contributed by atoms with Crippen LogP contribution in [0.5, 0.6) is 5.75 Å². The molecule has 0 saturated carbocycles. The topological polar surface area (TPSA) is 9.23 Å². The molecule has 134 valence electrons. The van der Waals surface area contributed by atoms with Gasteiger partial charge in [-0.15, -0.1) is 0 Å². The second-order valence-corrected chi connectivity index (χ2v) is 7.45. The lowest BCUT2D eigenvalue weighted by molar-refractivity contribution is -0.187. The highest BCUT2D eigenvalue weighted by Crippen LogP contribution is 3.02. The van der Waals surface area contributed by atoms with Crippen LogP contribution in [-0.2, 0) is 6.11 Å². The Bertz CT molecular complexity index is 768. The number of rotatable bonds is 4. The molecule has 24 heavy (non-hydrogen) atoms. The Kier molecular flexibility index (Phi) is 3.66. The van der Waals surface area contributed by atoms with Gasteiger partial charge in [0.15, 0.2) is 0 Å². The second-order valence-electron chi connectivity index (χ2n) is 5.04. The van der Waals surface area contributed by atoms with E-state index in [0.29, 0.717) is 17.7 Å². The number of ether oxygens (including phenoxy) is 1. The molecule has 0 aliphatic heterocycles. The summed E-state index contributed by atoms with van der Waals surface area (Å²) in [5.41, 5.74) is -0.767. The van der Waals surface area contributed by atoms with Crippen molar-refractivity contribution in [2.75, 3.05) is 0 Å². The molecule has 0 radical (unpaired) electrons. The summed E-state index contributed by atoms with van der Waals surface area (Å²) >= 11 is 0. The van der Waals surface area contributed by atoms with Crippen molar-refractivity contribution >= 4 is 10.2 Å². The van der Waals surface area contributed by atoms with Crippen molar-refractivity contribution in [1.82, 2.24) is 0 Å². The molecule has 0 saturated heterocycles. The van der Waals surface area contributed by atoms with Crippen LogP contribution in [0.15, 0.2) is 47.4 Å². The largest absolute Gasteiger partial charge is 0.429 e. The fourth-order valence-electron chi connectivity index (χ4n) is 1.82. The third-order valence-electron chi connectivity index (χ3n) is 2.95. The predicted octanol–water partition coefficient (Wildman–Crippen LogP) is 6.92. The third kappa shape index (κ3) is 4.11. The Labute approximate surface area is 131 Å². The van der Waals surface area contributed by atoms with E-state index in [1.807, 2.05) is 0 Å². The minimum absolute atomic E-state index is 0.0710. The summed E-state index contributed by atoms with van der Waals surface area (Å²) in [6.45, 7) is 1.46. The zero-order valence-corrected chi connectivity index (χ0v) is 12.7. The normalized spacial score (nSPS) is 15.5. The molecule has 0 heterocycles. The standard InChI is InChI=1S/C14H10F8OS/c1-9-2-7-12(13(15)8-9)14(16,17)23-10-3-5-11(6-4-10)24(18,19,20,21)22/h2-8H,1H3. The lowest BCUT2D eigenvalue weighted by Gasteiger charge is -2.40. The second kappa shape index (κ2) is 4.78. The zero-order valence-electron chi connectivity index (χ0n) is 11.9. The van der Waals surface area contributed by atoms with Gasteiger partial charge in [-0.05, 0) is 48.9 Å². The van der Waals surface area contributed by atoms with Gasteiger partial charge in [-0.25, -0.2) is 4.39 Å². The van der Waals surface area contributed by atoms with Crippen LogP contribution in [0.1, 0.15) is 11.1 Å². The van der Waals surface area contributed by atoms with E-state index in [2.05, 4.69) is 4.74 Å².